The standard InChI is InChI=1S/C18H19ClF2N2O2/c1-11(14-6-4-13(20)10-16(14)21)23-18(24)15-5-3-12(19)9-17(15)25-8-2-7-22/h3-6,9-11H,2,7-8,22H2,1H3,(H,23,24)/t11-/m1/s1. The summed E-state index contributed by atoms with van der Waals surface area (Å²) in [5, 5.41) is 3.10. The lowest BCUT2D eigenvalue weighted by molar-refractivity contribution is 0.0935. The number of hydrogen-bond donors (Lipinski definition) is 2. The van der Waals surface area contributed by atoms with Gasteiger partial charge in [0.05, 0.1) is 18.2 Å². The van der Waals surface area contributed by atoms with E-state index < -0.39 is 23.6 Å². The number of amides is 1. The topological polar surface area (TPSA) is 64.3 Å². The van der Waals surface area contributed by atoms with Gasteiger partial charge in [-0.3, -0.25) is 4.79 Å². The van der Waals surface area contributed by atoms with Crippen molar-refractivity contribution in [1.82, 2.24) is 5.32 Å². The van der Waals surface area contributed by atoms with E-state index >= 15 is 0 Å². The largest absolute Gasteiger partial charge is 0.493 e. The smallest absolute Gasteiger partial charge is 0.255 e. The second-order valence-corrected chi connectivity index (χ2v) is 5.93. The fourth-order valence-electron chi connectivity index (χ4n) is 2.27. The molecule has 0 unspecified atom stereocenters. The molecule has 0 radical (unpaired) electrons. The molecular formula is C18H19ClF2N2O2. The van der Waals surface area contributed by atoms with E-state index in [4.69, 9.17) is 22.1 Å². The average molecular weight is 369 g/mol. The number of rotatable bonds is 7. The molecule has 0 saturated carbocycles. The normalized spacial score (nSPS) is 11.9. The van der Waals surface area contributed by atoms with Crippen LogP contribution >= 0.6 is 11.6 Å². The second kappa shape index (κ2) is 8.78. The third kappa shape index (κ3) is 5.14. The number of benzene rings is 2. The van der Waals surface area contributed by atoms with Gasteiger partial charge in [0.25, 0.3) is 5.91 Å². The van der Waals surface area contributed by atoms with Crippen LogP contribution in [0.3, 0.4) is 0 Å². The summed E-state index contributed by atoms with van der Waals surface area (Å²) in [5.41, 5.74) is 5.89. The number of carbonyl (C=O) groups excluding carboxylic acids is 1. The molecule has 2 aromatic carbocycles. The van der Waals surface area contributed by atoms with Gasteiger partial charge in [0.1, 0.15) is 17.4 Å². The van der Waals surface area contributed by atoms with Crippen molar-refractivity contribution in [3.05, 3.63) is 64.2 Å². The van der Waals surface area contributed by atoms with E-state index in [2.05, 4.69) is 5.32 Å². The summed E-state index contributed by atoms with van der Waals surface area (Å²) in [7, 11) is 0. The van der Waals surface area contributed by atoms with Crippen LogP contribution in [-0.2, 0) is 0 Å². The third-order valence-corrected chi connectivity index (χ3v) is 3.81. The maximum absolute atomic E-state index is 13.8. The molecule has 0 heterocycles. The number of carbonyl (C=O) groups is 1. The Kier molecular flexibility index (Phi) is 6.73. The highest BCUT2D eigenvalue weighted by molar-refractivity contribution is 6.30. The first-order chi connectivity index (χ1) is 11.9. The zero-order valence-electron chi connectivity index (χ0n) is 13.7. The predicted octanol–water partition coefficient (Wildman–Crippen LogP) is 3.84. The van der Waals surface area contributed by atoms with Gasteiger partial charge in [0.15, 0.2) is 0 Å². The Morgan fingerprint density at radius 1 is 1.28 bits per heavy atom. The van der Waals surface area contributed by atoms with E-state index in [1.165, 1.54) is 18.2 Å². The summed E-state index contributed by atoms with van der Waals surface area (Å²) in [6.45, 7) is 2.42. The highest BCUT2D eigenvalue weighted by atomic mass is 35.5. The summed E-state index contributed by atoms with van der Waals surface area (Å²) >= 11 is 5.95. The van der Waals surface area contributed by atoms with E-state index in [-0.39, 0.29) is 11.1 Å². The molecule has 4 nitrogen and oxygen atoms in total. The zero-order valence-corrected chi connectivity index (χ0v) is 14.4. The Labute approximate surface area is 149 Å². The van der Waals surface area contributed by atoms with Crippen LogP contribution in [0.4, 0.5) is 8.78 Å². The van der Waals surface area contributed by atoms with Crippen molar-refractivity contribution in [2.75, 3.05) is 13.2 Å². The van der Waals surface area contributed by atoms with Gasteiger partial charge >= 0.3 is 0 Å². The van der Waals surface area contributed by atoms with Gasteiger partial charge in [-0.25, -0.2) is 8.78 Å². The van der Waals surface area contributed by atoms with Crippen LogP contribution in [0.15, 0.2) is 36.4 Å². The summed E-state index contributed by atoms with van der Waals surface area (Å²) in [5.74, 6) is -1.52. The van der Waals surface area contributed by atoms with Gasteiger partial charge in [0.2, 0.25) is 0 Å². The van der Waals surface area contributed by atoms with Crippen molar-refractivity contribution in [1.29, 1.82) is 0 Å². The molecule has 2 rings (SSSR count). The van der Waals surface area contributed by atoms with E-state index in [0.29, 0.717) is 30.3 Å². The first-order valence-electron chi connectivity index (χ1n) is 7.80. The van der Waals surface area contributed by atoms with Crippen LogP contribution in [0, 0.1) is 11.6 Å². The lowest BCUT2D eigenvalue weighted by Gasteiger charge is -2.17. The quantitative estimate of drug-likeness (QED) is 0.730. The van der Waals surface area contributed by atoms with Gasteiger partial charge in [-0.05, 0) is 44.2 Å². The van der Waals surface area contributed by atoms with Gasteiger partial charge in [0, 0.05) is 16.7 Å². The van der Waals surface area contributed by atoms with Crippen LogP contribution < -0.4 is 15.8 Å². The molecule has 0 aliphatic rings. The van der Waals surface area contributed by atoms with E-state index in [9.17, 15) is 13.6 Å². The van der Waals surface area contributed by atoms with Crippen molar-refractivity contribution in [3.8, 4) is 5.75 Å². The average Bonchev–Trinajstić information content (AvgIpc) is 2.54. The van der Waals surface area contributed by atoms with Crippen molar-refractivity contribution in [2.45, 2.75) is 19.4 Å². The van der Waals surface area contributed by atoms with Gasteiger partial charge in [-0.15, -0.1) is 0 Å². The molecule has 0 spiro atoms. The maximum Gasteiger partial charge on any atom is 0.255 e. The van der Waals surface area contributed by atoms with Gasteiger partial charge in [-0.1, -0.05) is 17.7 Å². The Morgan fingerprint density at radius 3 is 2.72 bits per heavy atom. The zero-order chi connectivity index (χ0) is 18.4. The fraction of sp³-hybridized carbons (Fsp3) is 0.278. The lowest BCUT2D eigenvalue weighted by Crippen LogP contribution is -2.27. The second-order valence-electron chi connectivity index (χ2n) is 5.49. The van der Waals surface area contributed by atoms with Crippen molar-refractivity contribution < 1.29 is 18.3 Å². The number of hydrogen-bond acceptors (Lipinski definition) is 3. The number of ether oxygens (including phenoxy) is 1. The number of nitrogens with one attached hydrogen (secondary N) is 1. The van der Waals surface area contributed by atoms with Crippen LogP contribution in [0.2, 0.25) is 5.02 Å². The monoisotopic (exact) mass is 368 g/mol. The van der Waals surface area contributed by atoms with Crippen LogP contribution in [0.25, 0.3) is 0 Å². The minimum atomic E-state index is -0.719. The molecule has 0 aliphatic heterocycles. The molecule has 0 bridgehead atoms. The Balaban J connectivity index is 2.16. The third-order valence-electron chi connectivity index (χ3n) is 3.57. The lowest BCUT2D eigenvalue weighted by atomic mass is 10.1. The summed E-state index contributed by atoms with van der Waals surface area (Å²) in [4.78, 5) is 12.5. The molecule has 1 atom stereocenters. The molecule has 0 saturated heterocycles. The van der Waals surface area contributed by atoms with Crippen LogP contribution in [0.1, 0.15) is 35.3 Å². The number of halogens is 3. The first-order valence-corrected chi connectivity index (χ1v) is 8.18. The minimum Gasteiger partial charge on any atom is -0.493 e. The predicted molar refractivity (Wildman–Crippen MR) is 92.9 cm³/mol. The van der Waals surface area contributed by atoms with E-state index in [1.807, 2.05) is 0 Å². The SMILES string of the molecule is C[C@@H](NC(=O)c1ccc(Cl)cc1OCCCN)c1ccc(F)cc1F. The summed E-state index contributed by atoms with van der Waals surface area (Å²) in [6, 6.07) is 7.21. The molecule has 134 valence electrons. The Morgan fingerprint density at radius 2 is 2.04 bits per heavy atom. The minimum absolute atomic E-state index is 0.189. The molecule has 1 amide bonds. The Bertz CT molecular complexity index is 756. The molecule has 2 aromatic rings. The summed E-state index contributed by atoms with van der Waals surface area (Å²) < 4.78 is 32.4. The van der Waals surface area contributed by atoms with Gasteiger partial charge in [-0.2, -0.15) is 0 Å². The van der Waals surface area contributed by atoms with E-state index in [1.54, 1.807) is 13.0 Å². The highest BCUT2D eigenvalue weighted by Crippen LogP contribution is 2.25. The van der Waals surface area contributed by atoms with Crippen LogP contribution in [-0.4, -0.2) is 19.1 Å². The fourth-order valence-corrected chi connectivity index (χ4v) is 2.44. The maximum atomic E-state index is 13.8. The van der Waals surface area contributed by atoms with Crippen LogP contribution in [0.5, 0.6) is 5.75 Å². The molecular weight excluding hydrogens is 350 g/mol. The molecule has 3 N–H and O–H groups in total. The molecule has 7 heteroatoms. The summed E-state index contributed by atoms with van der Waals surface area (Å²) in [6.07, 6.45) is 0.630. The van der Waals surface area contributed by atoms with Crippen molar-refractivity contribution in [3.63, 3.8) is 0 Å². The molecule has 0 fully saturated rings. The highest BCUT2D eigenvalue weighted by Gasteiger charge is 2.18. The number of nitrogens with two attached hydrogens (primary N) is 1. The molecule has 0 aromatic heterocycles. The van der Waals surface area contributed by atoms with Gasteiger partial charge < -0.3 is 15.8 Å². The Hall–Kier alpha value is -2.18. The molecule has 0 aliphatic carbocycles. The van der Waals surface area contributed by atoms with E-state index in [0.717, 1.165) is 12.1 Å². The first kappa shape index (κ1) is 19.1. The molecule has 25 heavy (non-hydrogen) atoms. The van der Waals surface area contributed by atoms with Crippen molar-refractivity contribution >= 4 is 17.5 Å². The van der Waals surface area contributed by atoms with Crippen molar-refractivity contribution in [2.24, 2.45) is 5.73 Å².